The van der Waals surface area contributed by atoms with Gasteiger partial charge in [-0.1, -0.05) is 6.92 Å². The molecule has 0 aromatic carbocycles. The van der Waals surface area contributed by atoms with Crippen molar-refractivity contribution in [3.63, 3.8) is 0 Å². The molecule has 4 N–H and O–H groups in total. The average Bonchev–Trinajstić information content (AvgIpc) is 2.47. The van der Waals surface area contributed by atoms with Crippen LogP contribution in [0.4, 0.5) is 0 Å². The highest BCUT2D eigenvalue weighted by atomic mass is 127. The van der Waals surface area contributed by atoms with Crippen molar-refractivity contribution in [2.45, 2.75) is 64.5 Å². The molecule has 0 bridgehead atoms. The van der Waals surface area contributed by atoms with Gasteiger partial charge < -0.3 is 21.1 Å². The summed E-state index contributed by atoms with van der Waals surface area (Å²) in [6.07, 6.45) is 4.83. The van der Waals surface area contributed by atoms with E-state index in [4.69, 9.17) is 0 Å². The summed E-state index contributed by atoms with van der Waals surface area (Å²) < 4.78 is 0. The summed E-state index contributed by atoms with van der Waals surface area (Å²) in [6.45, 7) is 6.07. The van der Waals surface area contributed by atoms with Crippen molar-refractivity contribution in [3.05, 3.63) is 0 Å². The number of carbonyl (C=O) groups excluding carboxylic acids is 1. The third-order valence-corrected chi connectivity index (χ3v) is 3.56. The zero-order chi connectivity index (χ0) is 15.5. The molecule has 22 heavy (non-hydrogen) atoms. The van der Waals surface area contributed by atoms with Crippen LogP contribution in [0.3, 0.4) is 0 Å². The molecule has 0 spiro atoms. The first-order chi connectivity index (χ1) is 10.2. The van der Waals surface area contributed by atoms with E-state index in [-0.39, 0.29) is 36.0 Å². The standard InChI is InChI=1S/C15H30N4O2.HI/c1-3-10-17-14(21)9-11-18-15(16-4-2)19-12-5-7-13(20)8-6-12;/h12-13,20H,3-11H2,1-2H3,(H,17,21)(H2,16,18,19);1H. The van der Waals surface area contributed by atoms with Crippen LogP contribution in [0.5, 0.6) is 0 Å². The molecule has 1 aliphatic rings. The van der Waals surface area contributed by atoms with Crippen LogP contribution in [0.25, 0.3) is 0 Å². The number of nitrogens with one attached hydrogen (secondary N) is 3. The monoisotopic (exact) mass is 426 g/mol. The fourth-order valence-corrected chi connectivity index (χ4v) is 2.36. The Balaban J connectivity index is 0.00000441. The molecule has 6 nitrogen and oxygen atoms in total. The van der Waals surface area contributed by atoms with Crippen molar-refractivity contribution >= 4 is 35.8 Å². The van der Waals surface area contributed by atoms with Gasteiger partial charge in [-0.15, -0.1) is 24.0 Å². The summed E-state index contributed by atoms with van der Waals surface area (Å²) in [5, 5.41) is 19.0. The topological polar surface area (TPSA) is 85.8 Å². The number of guanidine groups is 1. The van der Waals surface area contributed by atoms with Gasteiger partial charge in [0, 0.05) is 25.6 Å². The predicted molar refractivity (Wildman–Crippen MR) is 101 cm³/mol. The highest BCUT2D eigenvalue weighted by molar-refractivity contribution is 14.0. The second-order valence-electron chi connectivity index (χ2n) is 5.51. The Labute approximate surface area is 150 Å². The summed E-state index contributed by atoms with van der Waals surface area (Å²) in [6, 6.07) is 0.361. The van der Waals surface area contributed by atoms with Gasteiger partial charge in [0.2, 0.25) is 5.91 Å². The number of aliphatic hydroxyl groups is 1. The van der Waals surface area contributed by atoms with E-state index in [9.17, 15) is 9.90 Å². The highest BCUT2D eigenvalue weighted by Gasteiger charge is 2.19. The van der Waals surface area contributed by atoms with Crippen LogP contribution in [0.1, 0.15) is 52.4 Å². The van der Waals surface area contributed by atoms with Gasteiger partial charge >= 0.3 is 0 Å². The molecule has 1 amide bonds. The Morgan fingerprint density at radius 1 is 1.18 bits per heavy atom. The quantitative estimate of drug-likeness (QED) is 0.282. The molecule has 1 rings (SSSR count). The number of hydrogen-bond acceptors (Lipinski definition) is 3. The van der Waals surface area contributed by atoms with Crippen LogP contribution in [0.2, 0.25) is 0 Å². The van der Waals surface area contributed by atoms with Crippen LogP contribution in [0, 0.1) is 0 Å². The van der Waals surface area contributed by atoms with E-state index in [1.807, 2.05) is 13.8 Å². The zero-order valence-electron chi connectivity index (χ0n) is 13.7. The molecule has 0 aromatic rings. The first kappa shape index (κ1) is 21.4. The van der Waals surface area contributed by atoms with Crippen molar-refractivity contribution in [2.24, 2.45) is 4.99 Å². The highest BCUT2D eigenvalue weighted by Crippen LogP contribution is 2.18. The molecule has 0 unspecified atom stereocenters. The Morgan fingerprint density at radius 2 is 1.86 bits per heavy atom. The zero-order valence-corrected chi connectivity index (χ0v) is 16.1. The third kappa shape index (κ3) is 9.45. The lowest BCUT2D eigenvalue weighted by molar-refractivity contribution is -0.120. The molecule has 0 atom stereocenters. The van der Waals surface area contributed by atoms with Crippen LogP contribution < -0.4 is 16.0 Å². The molecule has 0 aromatic heterocycles. The lowest BCUT2D eigenvalue weighted by Crippen LogP contribution is -2.45. The molecule has 1 saturated carbocycles. The number of carbonyl (C=O) groups is 1. The molecule has 1 aliphatic carbocycles. The Morgan fingerprint density at radius 3 is 2.45 bits per heavy atom. The van der Waals surface area contributed by atoms with Crippen LogP contribution >= 0.6 is 24.0 Å². The van der Waals surface area contributed by atoms with Gasteiger partial charge in [0.25, 0.3) is 0 Å². The molecule has 0 heterocycles. The molecule has 0 saturated heterocycles. The minimum atomic E-state index is -0.148. The summed E-state index contributed by atoms with van der Waals surface area (Å²) >= 11 is 0. The number of nitrogens with zero attached hydrogens (tertiary/aromatic N) is 1. The number of aliphatic imine (C=N–C) groups is 1. The molecule has 0 radical (unpaired) electrons. The van der Waals surface area contributed by atoms with Gasteiger partial charge in [-0.25, -0.2) is 0 Å². The lowest BCUT2D eigenvalue weighted by atomic mass is 9.93. The van der Waals surface area contributed by atoms with Crippen LogP contribution in [-0.4, -0.2) is 48.8 Å². The van der Waals surface area contributed by atoms with Gasteiger partial charge in [0.05, 0.1) is 12.6 Å². The average molecular weight is 426 g/mol. The number of halogens is 1. The fourth-order valence-electron chi connectivity index (χ4n) is 2.36. The van der Waals surface area contributed by atoms with Gasteiger partial charge in [0.15, 0.2) is 5.96 Å². The van der Waals surface area contributed by atoms with Crippen LogP contribution in [0.15, 0.2) is 4.99 Å². The van der Waals surface area contributed by atoms with Crippen molar-refractivity contribution in [2.75, 3.05) is 19.6 Å². The molecule has 0 aliphatic heterocycles. The molecule has 130 valence electrons. The predicted octanol–water partition coefficient (Wildman–Crippen LogP) is 1.38. The number of aliphatic hydroxyl groups excluding tert-OH is 1. The SMILES string of the molecule is CCCNC(=O)CCN=C(NCC)NC1CCC(O)CC1.I. The number of rotatable bonds is 7. The van der Waals surface area contributed by atoms with E-state index >= 15 is 0 Å². The van der Waals surface area contributed by atoms with Gasteiger partial charge in [-0.2, -0.15) is 0 Å². The summed E-state index contributed by atoms with van der Waals surface area (Å²) in [5.41, 5.74) is 0. The first-order valence-corrected chi connectivity index (χ1v) is 8.15. The Hall–Kier alpha value is -0.570. The maximum atomic E-state index is 11.5. The largest absolute Gasteiger partial charge is 0.393 e. The maximum absolute atomic E-state index is 11.5. The lowest BCUT2D eigenvalue weighted by Gasteiger charge is -2.27. The Kier molecular flexibility index (Phi) is 12.6. The molecule has 1 fully saturated rings. The summed E-state index contributed by atoms with van der Waals surface area (Å²) in [7, 11) is 0. The number of amides is 1. The minimum Gasteiger partial charge on any atom is -0.393 e. The molecular weight excluding hydrogens is 395 g/mol. The fraction of sp³-hybridized carbons (Fsp3) is 0.867. The van der Waals surface area contributed by atoms with Gasteiger partial charge in [-0.3, -0.25) is 9.79 Å². The second kappa shape index (κ2) is 12.9. The minimum absolute atomic E-state index is 0. The van der Waals surface area contributed by atoms with E-state index in [1.54, 1.807) is 0 Å². The van der Waals surface area contributed by atoms with E-state index in [2.05, 4.69) is 20.9 Å². The second-order valence-corrected chi connectivity index (χ2v) is 5.51. The normalized spacial score (nSPS) is 21.7. The summed E-state index contributed by atoms with van der Waals surface area (Å²) in [4.78, 5) is 16.0. The number of hydrogen-bond donors (Lipinski definition) is 4. The van der Waals surface area contributed by atoms with E-state index in [0.29, 0.717) is 19.0 Å². The maximum Gasteiger partial charge on any atom is 0.221 e. The van der Waals surface area contributed by atoms with Crippen molar-refractivity contribution in [1.82, 2.24) is 16.0 Å². The molecular formula is C15H31IN4O2. The summed E-state index contributed by atoms with van der Waals surface area (Å²) in [5.74, 6) is 0.819. The van der Waals surface area contributed by atoms with Crippen molar-refractivity contribution in [3.8, 4) is 0 Å². The van der Waals surface area contributed by atoms with Crippen LogP contribution in [-0.2, 0) is 4.79 Å². The Bertz CT molecular complexity index is 332. The van der Waals surface area contributed by atoms with E-state index in [0.717, 1.165) is 51.2 Å². The van der Waals surface area contributed by atoms with Crippen molar-refractivity contribution < 1.29 is 9.90 Å². The van der Waals surface area contributed by atoms with Crippen molar-refractivity contribution in [1.29, 1.82) is 0 Å². The smallest absolute Gasteiger partial charge is 0.221 e. The third-order valence-electron chi connectivity index (χ3n) is 3.56. The van der Waals surface area contributed by atoms with E-state index in [1.165, 1.54) is 0 Å². The van der Waals surface area contributed by atoms with E-state index < -0.39 is 0 Å². The van der Waals surface area contributed by atoms with Gasteiger partial charge in [-0.05, 0) is 39.0 Å². The van der Waals surface area contributed by atoms with Gasteiger partial charge in [0.1, 0.15) is 0 Å². The first-order valence-electron chi connectivity index (χ1n) is 8.15. The molecule has 7 heteroatoms.